The van der Waals surface area contributed by atoms with Crippen molar-refractivity contribution in [2.45, 2.75) is 11.8 Å². The third-order valence-electron chi connectivity index (χ3n) is 1.43. The maximum absolute atomic E-state index is 13.0. The molecule has 1 aromatic rings. The first-order valence-electron chi connectivity index (χ1n) is 3.90. The van der Waals surface area contributed by atoms with E-state index in [0.29, 0.717) is 16.7 Å². The van der Waals surface area contributed by atoms with Gasteiger partial charge in [-0.25, -0.2) is 0 Å². The molecule has 0 fully saturated rings. The van der Waals surface area contributed by atoms with Crippen LogP contribution >= 0.6 is 11.8 Å². The number of halogens is 2. The van der Waals surface area contributed by atoms with E-state index in [-0.39, 0.29) is 0 Å². The van der Waals surface area contributed by atoms with Crippen molar-refractivity contribution in [2.75, 3.05) is 0 Å². The predicted molar refractivity (Wildman–Crippen MR) is 52.2 cm³/mol. The van der Waals surface area contributed by atoms with Gasteiger partial charge in [0.05, 0.1) is 0 Å². The van der Waals surface area contributed by atoms with E-state index in [0.717, 1.165) is 6.92 Å². The highest BCUT2D eigenvalue weighted by molar-refractivity contribution is 8.03. The summed E-state index contributed by atoms with van der Waals surface area (Å²) in [5.74, 6) is -2.22. The Balaban J connectivity index is 2.80. The van der Waals surface area contributed by atoms with Crippen LogP contribution < -0.4 is 0 Å². The second-order valence-electron chi connectivity index (χ2n) is 2.56. The van der Waals surface area contributed by atoms with Crippen LogP contribution in [0.3, 0.4) is 0 Å². The molecule has 1 aromatic carbocycles. The van der Waals surface area contributed by atoms with Crippen LogP contribution in [-0.2, 0) is 4.79 Å². The van der Waals surface area contributed by atoms with Gasteiger partial charge in [-0.15, -0.1) is 0 Å². The van der Waals surface area contributed by atoms with Gasteiger partial charge in [0.25, 0.3) is 0 Å². The molecular formula is C10H8F2OS. The van der Waals surface area contributed by atoms with Gasteiger partial charge in [-0.2, -0.15) is 8.78 Å². The number of ketones is 1. The molecule has 0 spiro atoms. The highest BCUT2D eigenvalue weighted by Gasteiger charge is 2.11. The quantitative estimate of drug-likeness (QED) is 0.566. The topological polar surface area (TPSA) is 17.1 Å². The van der Waals surface area contributed by atoms with Gasteiger partial charge >= 0.3 is 0 Å². The molecule has 0 aliphatic carbocycles. The lowest BCUT2D eigenvalue weighted by Crippen LogP contribution is -1.91. The van der Waals surface area contributed by atoms with Crippen LogP contribution in [0.5, 0.6) is 0 Å². The van der Waals surface area contributed by atoms with Crippen LogP contribution in [0.4, 0.5) is 8.78 Å². The monoisotopic (exact) mass is 214 g/mol. The number of carbonyl (C=O) groups is 1. The minimum atomic E-state index is -1.32. The van der Waals surface area contributed by atoms with Crippen molar-refractivity contribution in [3.05, 3.63) is 41.3 Å². The van der Waals surface area contributed by atoms with E-state index in [4.69, 9.17) is 0 Å². The molecule has 0 N–H and O–H groups in total. The Labute approximate surface area is 84.8 Å². The lowest BCUT2D eigenvalue weighted by Gasteiger charge is -1.98. The summed E-state index contributed by atoms with van der Waals surface area (Å²) in [6.07, 6.45) is 0. The molecule has 74 valence electrons. The third kappa shape index (κ3) is 2.96. The van der Waals surface area contributed by atoms with E-state index in [9.17, 15) is 13.6 Å². The van der Waals surface area contributed by atoms with Crippen molar-refractivity contribution in [1.82, 2.24) is 0 Å². The van der Waals surface area contributed by atoms with Crippen LogP contribution in [0, 0.1) is 0 Å². The predicted octanol–water partition coefficient (Wildman–Crippen LogP) is 3.48. The third-order valence-corrected chi connectivity index (χ3v) is 2.30. The van der Waals surface area contributed by atoms with Gasteiger partial charge in [-0.3, -0.25) is 4.79 Å². The molecule has 1 nitrogen and oxygen atoms in total. The SMILES string of the molecule is CC(=O)C(F)=C(F)Sc1ccccc1. The number of Topliss-reactive ketones (excluding diaryl/α,β-unsaturated/α-hetero) is 1. The minimum Gasteiger partial charge on any atom is -0.292 e. The fourth-order valence-electron chi connectivity index (χ4n) is 0.775. The van der Waals surface area contributed by atoms with E-state index in [1.807, 2.05) is 0 Å². The van der Waals surface area contributed by atoms with Crippen LogP contribution in [0.15, 0.2) is 46.2 Å². The summed E-state index contributed by atoms with van der Waals surface area (Å²) in [6, 6.07) is 8.46. The fraction of sp³-hybridized carbons (Fsp3) is 0.100. The number of allylic oxidation sites excluding steroid dienone is 1. The Bertz CT molecular complexity index is 360. The van der Waals surface area contributed by atoms with Crippen molar-refractivity contribution in [1.29, 1.82) is 0 Å². The van der Waals surface area contributed by atoms with Crippen molar-refractivity contribution < 1.29 is 13.6 Å². The summed E-state index contributed by atoms with van der Waals surface area (Å²) in [5, 5.41) is -1.09. The molecule has 4 heteroatoms. The molecule has 0 saturated heterocycles. The highest BCUT2D eigenvalue weighted by atomic mass is 32.2. The summed E-state index contributed by atoms with van der Waals surface area (Å²) in [5.41, 5.74) is 0. The van der Waals surface area contributed by atoms with Gasteiger partial charge in [0, 0.05) is 11.8 Å². The average molecular weight is 214 g/mol. The zero-order valence-electron chi connectivity index (χ0n) is 7.46. The Morgan fingerprint density at radius 1 is 1.21 bits per heavy atom. The van der Waals surface area contributed by atoms with E-state index in [1.165, 1.54) is 0 Å². The molecule has 0 aliphatic rings. The smallest absolute Gasteiger partial charge is 0.208 e. The van der Waals surface area contributed by atoms with Crippen LogP contribution in [0.1, 0.15) is 6.92 Å². The van der Waals surface area contributed by atoms with Crippen LogP contribution in [0.25, 0.3) is 0 Å². The van der Waals surface area contributed by atoms with E-state index in [2.05, 4.69) is 0 Å². The Morgan fingerprint density at radius 2 is 1.79 bits per heavy atom. The maximum Gasteiger partial charge on any atom is 0.208 e. The fourth-order valence-corrected chi connectivity index (χ4v) is 1.51. The minimum absolute atomic E-state index is 0.557. The first-order valence-corrected chi connectivity index (χ1v) is 4.72. The summed E-state index contributed by atoms with van der Waals surface area (Å²) in [6.45, 7) is 0.987. The Hall–Kier alpha value is -1.16. The number of hydrogen-bond donors (Lipinski definition) is 0. The van der Waals surface area contributed by atoms with Gasteiger partial charge in [-0.05, 0) is 12.1 Å². The lowest BCUT2D eigenvalue weighted by atomic mass is 10.4. The van der Waals surface area contributed by atoms with Crippen LogP contribution in [-0.4, -0.2) is 5.78 Å². The molecule has 0 atom stereocenters. The molecular weight excluding hydrogens is 206 g/mol. The van der Waals surface area contributed by atoms with Crippen LogP contribution in [0.2, 0.25) is 0 Å². The molecule has 0 bridgehead atoms. The summed E-state index contributed by atoms with van der Waals surface area (Å²) < 4.78 is 25.7. The van der Waals surface area contributed by atoms with Gasteiger partial charge in [-0.1, -0.05) is 30.0 Å². The zero-order valence-corrected chi connectivity index (χ0v) is 8.28. The van der Waals surface area contributed by atoms with Crippen molar-refractivity contribution in [3.63, 3.8) is 0 Å². The lowest BCUT2D eigenvalue weighted by molar-refractivity contribution is -0.115. The van der Waals surface area contributed by atoms with Gasteiger partial charge < -0.3 is 0 Å². The summed E-state index contributed by atoms with van der Waals surface area (Å²) in [7, 11) is 0. The van der Waals surface area contributed by atoms with Crippen molar-refractivity contribution >= 4 is 17.5 Å². The molecule has 0 unspecified atom stereocenters. The molecule has 14 heavy (non-hydrogen) atoms. The number of thioether (sulfide) groups is 1. The molecule has 0 aliphatic heterocycles. The van der Waals surface area contributed by atoms with Gasteiger partial charge in [0.15, 0.2) is 5.78 Å². The van der Waals surface area contributed by atoms with Gasteiger partial charge in [0.2, 0.25) is 11.0 Å². The normalized spacial score (nSPS) is 12.2. The number of benzene rings is 1. The number of hydrogen-bond acceptors (Lipinski definition) is 2. The molecule has 1 rings (SSSR count). The Kier molecular flexibility index (Phi) is 3.83. The second kappa shape index (κ2) is 4.91. The average Bonchev–Trinajstić information content (AvgIpc) is 2.18. The Morgan fingerprint density at radius 3 is 2.29 bits per heavy atom. The molecule has 0 heterocycles. The molecule has 0 saturated carbocycles. The first-order chi connectivity index (χ1) is 6.61. The van der Waals surface area contributed by atoms with Gasteiger partial charge in [0.1, 0.15) is 0 Å². The van der Waals surface area contributed by atoms with Crippen molar-refractivity contribution in [3.8, 4) is 0 Å². The number of rotatable bonds is 3. The van der Waals surface area contributed by atoms with Crippen molar-refractivity contribution in [2.24, 2.45) is 0 Å². The first kappa shape index (κ1) is 10.9. The molecule has 0 radical (unpaired) electrons. The summed E-state index contributed by atoms with van der Waals surface area (Å²) in [4.78, 5) is 11.0. The standard InChI is InChI=1S/C10H8F2OS/c1-7(13)9(11)10(12)14-8-5-3-2-4-6-8/h2-6H,1H3. The highest BCUT2D eigenvalue weighted by Crippen LogP contribution is 2.30. The zero-order chi connectivity index (χ0) is 10.6. The second-order valence-corrected chi connectivity index (χ2v) is 3.59. The van der Waals surface area contributed by atoms with E-state index < -0.39 is 16.8 Å². The largest absolute Gasteiger partial charge is 0.292 e. The van der Waals surface area contributed by atoms with E-state index in [1.54, 1.807) is 30.3 Å². The maximum atomic E-state index is 13.0. The molecule has 0 amide bonds. The number of carbonyl (C=O) groups excluding carboxylic acids is 1. The van der Waals surface area contributed by atoms with E-state index >= 15 is 0 Å². The summed E-state index contributed by atoms with van der Waals surface area (Å²) >= 11 is 0.597. The molecule has 0 aromatic heterocycles.